The van der Waals surface area contributed by atoms with E-state index in [0.29, 0.717) is 31.1 Å². The molecule has 0 aliphatic rings. The van der Waals surface area contributed by atoms with Crippen molar-refractivity contribution in [1.82, 2.24) is 0 Å². The zero-order valence-electron chi connectivity index (χ0n) is 12.4. The minimum atomic E-state index is -0.263. The highest BCUT2D eigenvalue weighted by Gasteiger charge is 2.11. The first-order valence-corrected chi connectivity index (χ1v) is 6.89. The van der Waals surface area contributed by atoms with Crippen molar-refractivity contribution in [2.45, 2.75) is 20.0 Å². The van der Waals surface area contributed by atoms with Crippen molar-refractivity contribution in [3.8, 4) is 11.5 Å². The molecule has 2 rings (SSSR count). The molecule has 0 bridgehead atoms. The van der Waals surface area contributed by atoms with Gasteiger partial charge in [0.1, 0.15) is 12.4 Å². The van der Waals surface area contributed by atoms with Gasteiger partial charge in [-0.1, -0.05) is 18.2 Å². The summed E-state index contributed by atoms with van der Waals surface area (Å²) in [5.41, 5.74) is 8.43. The van der Waals surface area contributed by atoms with Crippen molar-refractivity contribution in [2.24, 2.45) is 5.73 Å². The largest absolute Gasteiger partial charge is 0.493 e. The van der Waals surface area contributed by atoms with E-state index in [9.17, 15) is 4.39 Å². The molecule has 0 aromatic heterocycles. The number of halogens is 1. The van der Waals surface area contributed by atoms with Gasteiger partial charge in [-0.05, 0) is 54.8 Å². The fourth-order valence-corrected chi connectivity index (χ4v) is 2.18. The van der Waals surface area contributed by atoms with Crippen LogP contribution in [0.3, 0.4) is 0 Å². The average molecular weight is 289 g/mol. The standard InChI is InChI=1S/C17H20FNO2/c1-12-6-7-15(18)10-14(12)11-21-17-13(8-9-19)4-3-5-16(17)20-2/h3-7,10H,8-9,11,19H2,1-2H3. The molecule has 2 aromatic rings. The summed E-state index contributed by atoms with van der Waals surface area (Å²) in [5, 5.41) is 0. The molecule has 0 heterocycles. The van der Waals surface area contributed by atoms with Crippen LogP contribution in [0.4, 0.5) is 4.39 Å². The van der Waals surface area contributed by atoms with Gasteiger partial charge < -0.3 is 15.2 Å². The lowest BCUT2D eigenvalue weighted by Crippen LogP contribution is -2.07. The van der Waals surface area contributed by atoms with Crippen LogP contribution in [0.5, 0.6) is 11.5 Å². The van der Waals surface area contributed by atoms with Gasteiger partial charge in [0.05, 0.1) is 7.11 Å². The highest BCUT2D eigenvalue weighted by Crippen LogP contribution is 2.32. The van der Waals surface area contributed by atoms with Gasteiger partial charge in [-0.3, -0.25) is 0 Å². The molecule has 0 fully saturated rings. The number of benzene rings is 2. The first kappa shape index (κ1) is 15.3. The fraction of sp³-hybridized carbons (Fsp3) is 0.294. The van der Waals surface area contributed by atoms with E-state index in [4.69, 9.17) is 15.2 Å². The molecule has 2 N–H and O–H groups in total. The Balaban J connectivity index is 2.24. The highest BCUT2D eigenvalue weighted by atomic mass is 19.1. The number of para-hydroxylation sites is 1. The molecule has 0 amide bonds. The molecule has 112 valence electrons. The fourth-order valence-electron chi connectivity index (χ4n) is 2.18. The molecule has 3 nitrogen and oxygen atoms in total. The minimum absolute atomic E-state index is 0.263. The van der Waals surface area contributed by atoms with E-state index >= 15 is 0 Å². The van der Waals surface area contributed by atoms with Crippen molar-refractivity contribution in [3.63, 3.8) is 0 Å². The Morgan fingerprint density at radius 2 is 1.95 bits per heavy atom. The summed E-state index contributed by atoms with van der Waals surface area (Å²) in [6.07, 6.45) is 0.703. The lowest BCUT2D eigenvalue weighted by molar-refractivity contribution is 0.280. The number of ether oxygens (including phenoxy) is 2. The van der Waals surface area contributed by atoms with Crippen LogP contribution in [0.2, 0.25) is 0 Å². The minimum Gasteiger partial charge on any atom is -0.493 e. The van der Waals surface area contributed by atoms with Crippen LogP contribution < -0.4 is 15.2 Å². The third-order valence-electron chi connectivity index (χ3n) is 3.38. The van der Waals surface area contributed by atoms with E-state index in [2.05, 4.69) is 0 Å². The molecule has 0 saturated carbocycles. The predicted molar refractivity (Wildman–Crippen MR) is 81.2 cm³/mol. The molecule has 4 heteroatoms. The SMILES string of the molecule is COc1cccc(CCN)c1OCc1cc(F)ccc1C. The quantitative estimate of drug-likeness (QED) is 0.888. The van der Waals surface area contributed by atoms with Crippen LogP contribution in [0.25, 0.3) is 0 Å². The summed E-state index contributed by atoms with van der Waals surface area (Å²) < 4.78 is 24.5. The van der Waals surface area contributed by atoms with Gasteiger partial charge in [0.2, 0.25) is 0 Å². The maximum atomic E-state index is 13.3. The molecule has 0 radical (unpaired) electrons. The Morgan fingerprint density at radius 3 is 2.67 bits per heavy atom. The van der Waals surface area contributed by atoms with Crippen molar-refractivity contribution in [1.29, 1.82) is 0 Å². The van der Waals surface area contributed by atoms with Gasteiger partial charge in [-0.2, -0.15) is 0 Å². The Kier molecular flexibility index (Phi) is 5.17. The first-order valence-electron chi connectivity index (χ1n) is 6.89. The second-order valence-electron chi connectivity index (χ2n) is 4.85. The van der Waals surface area contributed by atoms with Gasteiger partial charge in [0, 0.05) is 0 Å². The summed E-state index contributed by atoms with van der Waals surface area (Å²) in [6.45, 7) is 2.76. The van der Waals surface area contributed by atoms with E-state index in [1.807, 2.05) is 25.1 Å². The third-order valence-corrected chi connectivity index (χ3v) is 3.38. The Hall–Kier alpha value is -2.07. The Bertz CT molecular complexity index is 614. The first-order chi connectivity index (χ1) is 10.2. The second kappa shape index (κ2) is 7.09. The van der Waals surface area contributed by atoms with Crippen LogP contribution in [-0.4, -0.2) is 13.7 Å². The normalized spacial score (nSPS) is 10.5. The molecule has 0 unspecified atom stereocenters. The van der Waals surface area contributed by atoms with Crippen molar-refractivity contribution in [2.75, 3.05) is 13.7 Å². The maximum Gasteiger partial charge on any atom is 0.164 e. The lowest BCUT2D eigenvalue weighted by atomic mass is 10.1. The van der Waals surface area contributed by atoms with Crippen molar-refractivity contribution in [3.05, 3.63) is 58.9 Å². The van der Waals surface area contributed by atoms with E-state index in [1.165, 1.54) is 12.1 Å². The number of rotatable bonds is 6. The monoisotopic (exact) mass is 289 g/mol. The third kappa shape index (κ3) is 3.73. The topological polar surface area (TPSA) is 44.5 Å². The lowest BCUT2D eigenvalue weighted by Gasteiger charge is -2.15. The van der Waals surface area contributed by atoms with Crippen molar-refractivity contribution < 1.29 is 13.9 Å². The molecule has 21 heavy (non-hydrogen) atoms. The molecular weight excluding hydrogens is 269 g/mol. The maximum absolute atomic E-state index is 13.3. The summed E-state index contributed by atoms with van der Waals surface area (Å²) in [7, 11) is 1.60. The van der Waals surface area contributed by atoms with E-state index in [0.717, 1.165) is 16.7 Å². The molecule has 0 atom stereocenters. The van der Waals surface area contributed by atoms with Gasteiger partial charge >= 0.3 is 0 Å². The van der Waals surface area contributed by atoms with E-state index in [-0.39, 0.29) is 5.82 Å². The van der Waals surface area contributed by atoms with Crippen LogP contribution in [-0.2, 0) is 13.0 Å². The highest BCUT2D eigenvalue weighted by molar-refractivity contribution is 5.47. The van der Waals surface area contributed by atoms with Gasteiger partial charge in [0.15, 0.2) is 11.5 Å². The molecular formula is C17H20FNO2. The molecule has 0 aliphatic carbocycles. The summed E-state index contributed by atoms with van der Waals surface area (Å²) in [6, 6.07) is 10.4. The van der Waals surface area contributed by atoms with Crippen LogP contribution >= 0.6 is 0 Å². The Morgan fingerprint density at radius 1 is 1.14 bits per heavy atom. The summed E-state index contributed by atoms with van der Waals surface area (Å²) in [4.78, 5) is 0. The second-order valence-corrected chi connectivity index (χ2v) is 4.85. The predicted octanol–water partition coefficient (Wildman–Crippen LogP) is 3.22. The molecule has 2 aromatic carbocycles. The summed E-state index contributed by atoms with van der Waals surface area (Å²) >= 11 is 0. The molecule has 0 saturated heterocycles. The number of methoxy groups -OCH3 is 1. The number of hydrogen-bond acceptors (Lipinski definition) is 3. The zero-order chi connectivity index (χ0) is 15.2. The number of aryl methyl sites for hydroxylation is 1. The van der Waals surface area contributed by atoms with Crippen molar-refractivity contribution >= 4 is 0 Å². The van der Waals surface area contributed by atoms with E-state index in [1.54, 1.807) is 13.2 Å². The van der Waals surface area contributed by atoms with Gasteiger partial charge in [-0.15, -0.1) is 0 Å². The number of nitrogens with two attached hydrogens (primary N) is 1. The number of hydrogen-bond donors (Lipinski definition) is 1. The zero-order valence-corrected chi connectivity index (χ0v) is 12.4. The molecule has 0 spiro atoms. The van der Waals surface area contributed by atoms with E-state index < -0.39 is 0 Å². The van der Waals surface area contributed by atoms with Crippen LogP contribution in [0.15, 0.2) is 36.4 Å². The average Bonchev–Trinajstić information content (AvgIpc) is 2.49. The summed E-state index contributed by atoms with van der Waals surface area (Å²) in [5.74, 6) is 1.07. The Labute approximate surface area is 124 Å². The molecule has 0 aliphatic heterocycles. The smallest absolute Gasteiger partial charge is 0.164 e. The van der Waals surface area contributed by atoms with Gasteiger partial charge in [-0.25, -0.2) is 4.39 Å². The van der Waals surface area contributed by atoms with Crippen LogP contribution in [0.1, 0.15) is 16.7 Å². The van der Waals surface area contributed by atoms with Gasteiger partial charge in [0.25, 0.3) is 0 Å². The van der Waals surface area contributed by atoms with Crippen LogP contribution in [0, 0.1) is 12.7 Å².